The van der Waals surface area contributed by atoms with Gasteiger partial charge in [-0.2, -0.15) is 0 Å². The summed E-state index contributed by atoms with van der Waals surface area (Å²) in [5.41, 5.74) is 2.75. The molecule has 0 saturated heterocycles. The van der Waals surface area contributed by atoms with Crippen LogP contribution in [0.2, 0.25) is 0 Å². The average Bonchev–Trinajstić information content (AvgIpc) is 2.28. The zero-order valence-corrected chi connectivity index (χ0v) is 12.3. The first-order valence-electron chi connectivity index (χ1n) is 5.80. The van der Waals surface area contributed by atoms with Crippen molar-refractivity contribution in [1.82, 2.24) is 5.32 Å². The minimum absolute atomic E-state index is 0.407. The van der Waals surface area contributed by atoms with Crippen LogP contribution in [-0.2, 0) is 0 Å². The van der Waals surface area contributed by atoms with Gasteiger partial charge in [-0.25, -0.2) is 0 Å². The van der Waals surface area contributed by atoms with E-state index in [1.165, 1.54) is 14.7 Å². The molecule has 0 heterocycles. The van der Waals surface area contributed by atoms with Gasteiger partial charge in [0.1, 0.15) is 0 Å². The Bertz CT molecular complexity index is 347. The maximum absolute atomic E-state index is 3.84. The fourth-order valence-electron chi connectivity index (χ4n) is 1.74. The lowest BCUT2D eigenvalue weighted by atomic mass is 10.0. The van der Waals surface area contributed by atoms with Crippen molar-refractivity contribution >= 4 is 22.6 Å². The molecule has 1 aromatic carbocycles. The standard InChI is InChI=1S/C14H20IN/c1-4-7-13(16-10-5-2)12-9-6-8-11(3)14(12)15/h4,6,8-9,13,16H,1,5,7,10H2,2-3H3. The molecule has 0 amide bonds. The summed E-state index contributed by atoms with van der Waals surface area (Å²) in [7, 11) is 0. The van der Waals surface area contributed by atoms with E-state index in [0.29, 0.717) is 6.04 Å². The fraction of sp³-hybridized carbons (Fsp3) is 0.429. The molecule has 0 aliphatic rings. The van der Waals surface area contributed by atoms with Crippen molar-refractivity contribution in [2.24, 2.45) is 0 Å². The number of nitrogens with one attached hydrogen (secondary N) is 1. The van der Waals surface area contributed by atoms with E-state index in [-0.39, 0.29) is 0 Å². The van der Waals surface area contributed by atoms with E-state index in [9.17, 15) is 0 Å². The van der Waals surface area contributed by atoms with Crippen LogP contribution in [0, 0.1) is 10.5 Å². The predicted molar refractivity (Wildman–Crippen MR) is 79.7 cm³/mol. The maximum Gasteiger partial charge on any atom is 0.0365 e. The van der Waals surface area contributed by atoms with Gasteiger partial charge in [0.25, 0.3) is 0 Å². The van der Waals surface area contributed by atoms with Crippen molar-refractivity contribution in [3.05, 3.63) is 45.6 Å². The summed E-state index contributed by atoms with van der Waals surface area (Å²) in [4.78, 5) is 0. The van der Waals surface area contributed by atoms with Crippen molar-refractivity contribution in [2.75, 3.05) is 6.54 Å². The van der Waals surface area contributed by atoms with Gasteiger partial charge in [-0.1, -0.05) is 31.2 Å². The lowest BCUT2D eigenvalue weighted by Crippen LogP contribution is -2.22. The van der Waals surface area contributed by atoms with Crippen LogP contribution < -0.4 is 5.32 Å². The van der Waals surface area contributed by atoms with Crippen molar-refractivity contribution < 1.29 is 0 Å². The first-order chi connectivity index (χ1) is 7.70. The second kappa shape index (κ2) is 7.07. The van der Waals surface area contributed by atoms with Gasteiger partial charge in [0, 0.05) is 9.61 Å². The van der Waals surface area contributed by atoms with E-state index < -0.39 is 0 Å². The highest BCUT2D eigenvalue weighted by atomic mass is 127. The molecule has 2 heteroatoms. The largest absolute Gasteiger partial charge is 0.310 e. The Balaban J connectivity index is 2.91. The van der Waals surface area contributed by atoms with Crippen molar-refractivity contribution in [3.63, 3.8) is 0 Å². The Kier molecular flexibility index (Phi) is 6.06. The van der Waals surface area contributed by atoms with Gasteiger partial charge in [0.05, 0.1) is 0 Å². The number of aryl methyl sites for hydroxylation is 1. The van der Waals surface area contributed by atoms with Crippen molar-refractivity contribution in [1.29, 1.82) is 0 Å². The summed E-state index contributed by atoms with van der Waals surface area (Å²) < 4.78 is 1.37. The van der Waals surface area contributed by atoms with Crippen LogP contribution >= 0.6 is 22.6 Å². The summed E-state index contributed by atoms with van der Waals surface area (Å²) in [5, 5.41) is 3.58. The maximum atomic E-state index is 3.84. The minimum Gasteiger partial charge on any atom is -0.310 e. The Hall–Kier alpha value is -0.350. The van der Waals surface area contributed by atoms with Crippen LogP contribution in [-0.4, -0.2) is 6.54 Å². The minimum atomic E-state index is 0.407. The topological polar surface area (TPSA) is 12.0 Å². The van der Waals surface area contributed by atoms with Crippen molar-refractivity contribution in [2.45, 2.75) is 32.7 Å². The third-order valence-electron chi connectivity index (χ3n) is 2.64. The molecule has 1 nitrogen and oxygen atoms in total. The summed E-state index contributed by atoms with van der Waals surface area (Å²) >= 11 is 2.44. The molecule has 1 atom stereocenters. The second-order valence-electron chi connectivity index (χ2n) is 4.01. The van der Waals surface area contributed by atoms with Gasteiger partial charge in [-0.05, 0) is 60.0 Å². The van der Waals surface area contributed by atoms with Crippen LogP contribution in [0.3, 0.4) is 0 Å². The molecule has 0 spiro atoms. The summed E-state index contributed by atoms with van der Waals surface area (Å²) in [6.45, 7) is 9.26. The summed E-state index contributed by atoms with van der Waals surface area (Å²) in [6.07, 6.45) is 4.14. The van der Waals surface area contributed by atoms with Crippen LogP contribution in [0.15, 0.2) is 30.9 Å². The molecule has 0 aliphatic carbocycles. The average molecular weight is 329 g/mol. The van der Waals surface area contributed by atoms with Gasteiger partial charge in [-0.3, -0.25) is 0 Å². The zero-order chi connectivity index (χ0) is 12.0. The van der Waals surface area contributed by atoms with E-state index in [1.807, 2.05) is 6.08 Å². The third-order valence-corrected chi connectivity index (χ3v) is 4.11. The molecule has 1 N–H and O–H groups in total. The quantitative estimate of drug-likeness (QED) is 0.609. The smallest absolute Gasteiger partial charge is 0.0365 e. The highest BCUT2D eigenvalue weighted by Gasteiger charge is 2.12. The lowest BCUT2D eigenvalue weighted by molar-refractivity contribution is 0.535. The van der Waals surface area contributed by atoms with E-state index in [1.54, 1.807) is 0 Å². The molecule has 0 aliphatic heterocycles. The van der Waals surface area contributed by atoms with Crippen LogP contribution in [0.4, 0.5) is 0 Å². The fourth-order valence-corrected chi connectivity index (χ4v) is 2.48. The first kappa shape index (κ1) is 13.7. The summed E-state index contributed by atoms with van der Waals surface area (Å²) in [6, 6.07) is 6.92. The van der Waals surface area contributed by atoms with Gasteiger partial charge in [0.15, 0.2) is 0 Å². The summed E-state index contributed by atoms with van der Waals surface area (Å²) in [5.74, 6) is 0. The van der Waals surface area contributed by atoms with Crippen LogP contribution in [0.25, 0.3) is 0 Å². The molecule has 0 saturated carbocycles. The normalized spacial score (nSPS) is 12.4. The molecular formula is C14H20IN. The Morgan fingerprint density at radius 3 is 2.88 bits per heavy atom. The number of rotatable bonds is 6. The van der Waals surface area contributed by atoms with Crippen LogP contribution in [0.5, 0.6) is 0 Å². The number of hydrogen-bond acceptors (Lipinski definition) is 1. The second-order valence-corrected chi connectivity index (χ2v) is 5.09. The third kappa shape index (κ3) is 3.59. The number of benzene rings is 1. The Morgan fingerprint density at radius 1 is 1.50 bits per heavy atom. The number of halogens is 1. The molecule has 0 bridgehead atoms. The monoisotopic (exact) mass is 329 g/mol. The Labute approximate surface area is 112 Å². The molecule has 88 valence electrons. The van der Waals surface area contributed by atoms with E-state index >= 15 is 0 Å². The molecule has 1 unspecified atom stereocenters. The van der Waals surface area contributed by atoms with Gasteiger partial charge < -0.3 is 5.32 Å². The van der Waals surface area contributed by atoms with Crippen molar-refractivity contribution in [3.8, 4) is 0 Å². The highest BCUT2D eigenvalue weighted by molar-refractivity contribution is 14.1. The SMILES string of the molecule is C=CCC(NCCC)c1cccc(C)c1I. The first-order valence-corrected chi connectivity index (χ1v) is 6.87. The van der Waals surface area contributed by atoms with Crippen LogP contribution in [0.1, 0.15) is 36.9 Å². The van der Waals surface area contributed by atoms with E-state index in [2.05, 4.69) is 66.5 Å². The molecule has 0 aromatic heterocycles. The molecule has 0 fully saturated rings. The van der Waals surface area contributed by atoms with Gasteiger partial charge >= 0.3 is 0 Å². The molecular weight excluding hydrogens is 309 g/mol. The van der Waals surface area contributed by atoms with Gasteiger partial charge in [0.2, 0.25) is 0 Å². The Morgan fingerprint density at radius 2 is 2.25 bits per heavy atom. The highest BCUT2D eigenvalue weighted by Crippen LogP contribution is 2.25. The van der Waals surface area contributed by atoms with E-state index in [0.717, 1.165) is 19.4 Å². The number of hydrogen-bond donors (Lipinski definition) is 1. The lowest BCUT2D eigenvalue weighted by Gasteiger charge is -2.19. The zero-order valence-electron chi connectivity index (χ0n) is 10.1. The van der Waals surface area contributed by atoms with E-state index in [4.69, 9.17) is 0 Å². The molecule has 1 aromatic rings. The van der Waals surface area contributed by atoms with Gasteiger partial charge in [-0.15, -0.1) is 6.58 Å². The molecule has 16 heavy (non-hydrogen) atoms. The molecule has 0 radical (unpaired) electrons. The molecule has 1 rings (SSSR count). The predicted octanol–water partition coefficient (Wildman–Crippen LogP) is 4.22.